The summed E-state index contributed by atoms with van der Waals surface area (Å²) >= 11 is 0. The second-order valence-electron chi connectivity index (χ2n) is 1.65. The predicted molar refractivity (Wildman–Crippen MR) is 40.9 cm³/mol. The molecule has 0 spiro atoms. The van der Waals surface area contributed by atoms with Gasteiger partial charge < -0.3 is 5.73 Å². The molecule has 1 rings (SSSR count). The minimum atomic E-state index is -0.127. The van der Waals surface area contributed by atoms with Crippen LogP contribution in [-0.2, 0) is 0 Å². The van der Waals surface area contributed by atoms with Crippen LogP contribution in [0.4, 0.5) is 17.8 Å². The highest BCUT2D eigenvalue weighted by Gasteiger charge is 1.99. The molecule has 0 aliphatic heterocycles. The standard InChI is InChI=1S/C3H5N9/c4-1-7-2(10-5)9-3(8-1)11-12-6/h5H2,(H3,4,7,8,9,10). The first kappa shape index (κ1) is 7.98. The lowest BCUT2D eigenvalue weighted by atomic mass is 10.8. The Morgan fingerprint density at radius 1 is 1.42 bits per heavy atom. The van der Waals surface area contributed by atoms with Crippen LogP contribution < -0.4 is 17.0 Å². The second-order valence-corrected chi connectivity index (χ2v) is 1.65. The summed E-state index contributed by atoms with van der Waals surface area (Å²) < 4.78 is 0. The zero-order valence-corrected chi connectivity index (χ0v) is 5.84. The third-order valence-corrected chi connectivity index (χ3v) is 0.904. The van der Waals surface area contributed by atoms with Gasteiger partial charge in [-0.3, -0.25) is 5.43 Å². The van der Waals surface area contributed by atoms with Gasteiger partial charge in [0.1, 0.15) is 0 Å². The fraction of sp³-hybridized carbons (Fsp3) is 0. The summed E-state index contributed by atoms with van der Waals surface area (Å²) in [4.78, 5) is 13.1. The Hall–Kier alpha value is -2.12. The van der Waals surface area contributed by atoms with Gasteiger partial charge in [-0.05, 0) is 10.6 Å². The van der Waals surface area contributed by atoms with Crippen molar-refractivity contribution in [2.75, 3.05) is 11.2 Å². The quantitative estimate of drug-likeness (QED) is 0.180. The highest BCUT2D eigenvalue weighted by molar-refractivity contribution is 5.35. The van der Waals surface area contributed by atoms with E-state index in [9.17, 15) is 0 Å². The van der Waals surface area contributed by atoms with Crippen LogP contribution in [0.3, 0.4) is 0 Å². The zero-order valence-electron chi connectivity index (χ0n) is 5.84. The summed E-state index contributed by atoms with van der Waals surface area (Å²) in [6, 6.07) is 0. The van der Waals surface area contributed by atoms with Crippen molar-refractivity contribution in [2.45, 2.75) is 0 Å². The molecule has 0 radical (unpaired) electrons. The fourth-order valence-electron chi connectivity index (χ4n) is 0.530. The molecule has 9 nitrogen and oxygen atoms in total. The molecule has 1 heterocycles. The Morgan fingerprint density at radius 3 is 2.75 bits per heavy atom. The Morgan fingerprint density at radius 2 is 2.17 bits per heavy atom. The first-order valence-electron chi connectivity index (χ1n) is 2.79. The molecule has 12 heavy (non-hydrogen) atoms. The van der Waals surface area contributed by atoms with Gasteiger partial charge >= 0.3 is 0 Å². The first-order valence-corrected chi connectivity index (χ1v) is 2.79. The molecule has 1 aromatic heterocycles. The zero-order chi connectivity index (χ0) is 8.97. The molecular formula is C3H5N9. The van der Waals surface area contributed by atoms with Crippen molar-refractivity contribution in [3.63, 3.8) is 0 Å². The van der Waals surface area contributed by atoms with E-state index in [4.69, 9.17) is 17.1 Å². The molecule has 0 fully saturated rings. The van der Waals surface area contributed by atoms with Crippen molar-refractivity contribution in [2.24, 2.45) is 11.0 Å². The van der Waals surface area contributed by atoms with Gasteiger partial charge in [-0.25, -0.2) is 5.84 Å². The van der Waals surface area contributed by atoms with Crippen molar-refractivity contribution in [1.82, 2.24) is 15.0 Å². The third kappa shape index (κ3) is 1.68. The number of hydrazine groups is 1. The molecule has 0 bridgehead atoms. The molecule has 0 saturated heterocycles. The summed E-state index contributed by atoms with van der Waals surface area (Å²) in [6.07, 6.45) is 0. The topological polar surface area (TPSA) is 152 Å². The maximum atomic E-state index is 8.04. The summed E-state index contributed by atoms with van der Waals surface area (Å²) in [5.41, 5.74) is 15.4. The normalized spacial score (nSPS) is 8.75. The molecule has 0 aromatic carbocycles. The maximum Gasteiger partial charge on any atom is 0.242 e. The average molecular weight is 167 g/mol. The molecule has 0 aliphatic rings. The molecule has 0 aliphatic carbocycles. The van der Waals surface area contributed by atoms with Gasteiger partial charge in [0.25, 0.3) is 0 Å². The Balaban J connectivity index is 3.14. The van der Waals surface area contributed by atoms with Gasteiger partial charge in [0.2, 0.25) is 17.8 Å². The number of nitrogen functional groups attached to an aromatic ring is 2. The monoisotopic (exact) mass is 167 g/mol. The SMILES string of the molecule is [N-]=[N+]=Nc1nc(N)nc(NN)n1. The molecule has 5 N–H and O–H groups in total. The van der Waals surface area contributed by atoms with E-state index in [-0.39, 0.29) is 17.8 Å². The Kier molecular flexibility index (Phi) is 2.21. The van der Waals surface area contributed by atoms with E-state index < -0.39 is 0 Å². The van der Waals surface area contributed by atoms with Crippen LogP contribution in [0, 0.1) is 0 Å². The molecule has 0 saturated carbocycles. The summed E-state index contributed by atoms with van der Waals surface area (Å²) in [5.74, 6) is 4.84. The predicted octanol–water partition coefficient (Wildman–Crippen LogP) is -0.319. The number of anilines is 2. The van der Waals surface area contributed by atoms with E-state index in [0.29, 0.717) is 0 Å². The van der Waals surface area contributed by atoms with Crippen molar-refractivity contribution >= 4 is 17.8 Å². The van der Waals surface area contributed by atoms with Gasteiger partial charge in [0.15, 0.2) is 0 Å². The van der Waals surface area contributed by atoms with Crippen molar-refractivity contribution < 1.29 is 0 Å². The minimum absolute atomic E-state index is 0.0462. The second kappa shape index (κ2) is 3.32. The Labute approximate surface area is 66.4 Å². The first-order chi connectivity index (χ1) is 5.76. The maximum absolute atomic E-state index is 8.04. The number of azide groups is 1. The Bertz CT molecular complexity index is 325. The largest absolute Gasteiger partial charge is 0.368 e. The van der Waals surface area contributed by atoms with E-state index in [1.54, 1.807) is 0 Å². The van der Waals surface area contributed by atoms with Gasteiger partial charge in [-0.2, -0.15) is 15.0 Å². The van der Waals surface area contributed by atoms with E-state index in [1.807, 2.05) is 0 Å². The van der Waals surface area contributed by atoms with Crippen LogP contribution in [0.15, 0.2) is 5.11 Å². The lowest BCUT2D eigenvalue weighted by Crippen LogP contribution is -2.12. The lowest BCUT2D eigenvalue weighted by molar-refractivity contribution is 1.03. The van der Waals surface area contributed by atoms with Crippen molar-refractivity contribution in [3.8, 4) is 0 Å². The highest BCUT2D eigenvalue weighted by atomic mass is 15.3. The fourth-order valence-corrected chi connectivity index (χ4v) is 0.530. The van der Waals surface area contributed by atoms with E-state index >= 15 is 0 Å². The van der Waals surface area contributed by atoms with Crippen LogP contribution in [0.1, 0.15) is 0 Å². The van der Waals surface area contributed by atoms with Gasteiger partial charge in [-0.1, -0.05) is 0 Å². The van der Waals surface area contributed by atoms with Crippen LogP contribution >= 0.6 is 0 Å². The minimum Gasteiger partial charge on any atom is -0.368 e. The van der Waals surface area contributed by atoms with Gasteiger partial charge in [-0.15, -0.1) is 0 Å². The van der Waals surface area contributed by atoms with Crippen LogP contribution in [0.2, 0.25) is 0 Å². The molecule has 0 amide bonds. The number of nitrogens with one attached hydrogen (secondary N) is 1. The molecule has 62 valence electrons. The smallest absolute Gasteiger partial charge is 0.242 e. The summed E-state index contributed by atoms with van der Waals surface area (Å²) in [6.45, 7) is 0. The number of hydrogen-bond acceptors (Lipinski definition) is 7. The van der Waals surface area contributed by atoms with E-state index in [1.165, 1.54) is 0 Å². The molecule has 0 atom stereocenters. The van der Waals surface area contributed by atoms with Crippen LogP contribution in [-0.4, -0.2) is 15.0 Å². The molecule has 0 unspecified atom stereocenters. The van der Waals surface area contributed by atoms with Crippen molar-refractivity contribution in [1.29, 1.82) is 0 Å². The lowest BCUT2D eigenvalue weighted by Gasteiger charge is -1.98. The van der Waals surface area contributed by atoms with E-state index in [2.05, 4.69) is 30.4 Å². The summed E-state index contributed by atoms with van der Waals surface area (Å²) in [5, 5.41) is 3.12. The number of nitrogens with two attached hydrogens (primary N) is 2. The molecule has 9 heteroatoms. The molecular weight excluding hydrogens is 162 g/mol. The van der Waals surface area contributed by atoms with Crippen LogP contribution in [0.5, 0.6) is 0 Å². The number of hydrogen-bond donors (Lipinski definition) is 3. The summed E-state index contributed by atoms with van der Waals surface area (Å²) in [7, 11) is 0. The van der Waals surface area contributed by atoms with Gasteiger partial charge in [0, 0.05) is 4.91 Å². The van der Waals surface area contributed by atoms with Gasteiger partial charge in [0.05, 0.1) is 0 Å². The number of rotatable bonds is 2. The number of nitrogens with zero attached hydrogens (tertiary/aromatic N) is 6. The van der Waals surface area contributed by atoms with Crippen molar-refractivity contribution in [3.05, 3.63) is 10.4 Å². The van der Waals surface area contributed by atoms with Crippen LogP contribution in [0.25, 0.3) is 10.4 Å². The molecule has 1 aromatic rings. The highest BCUT2D eigenvalue weighted by Crippen LogP contribution is 2.07. The number of aromatic nitrogens is 3. The van der Waals surface area contributed by atoms with E-state index in [0.717, 1.165) is 0 Å². The third-order valence-electron chi connectivity index (χ3n) is 0.904. The average Bonchev–Trinajstić information content (AvgIpc) is 2.04.